The van der Waals surface area contributed by atoms with Crippen LogP contribution in [0.1, 0.15) is 54.6 Å². The molecular formula is C22H30N4O3. The fourth-order valence-corrected chi connectivity index (χ4v) is 4.07. The second kappa shape index (κ2) is 8.31. The summed E-state index contributed by atoms with van der Waals surface area (Å²) in [6, 6.07) is 9.01. The molecule has 156 valence electrons. The Balaban J connectivity index is 2.11. The smallest absolute Gasteiger partial charge is 0.255 e. The first kappa shape index (κ1) is 21.0. The lowest BCUT2D eigenvalue weighted by Crippen LogP contribution is -2.56. The van der Waals surface area contributed by atoms with Crippen molar-refractivity contribution in [3.05, 3.63) is 52.6 Å². The number of phenolic OH excluding ortho intramolecular Hbond substituents is 2. The number of rotatable bonds is 7. The summed E-state index contributed by atoms with van der Waals surface area (Å²) in [6.07, 6.45) is 1.39. The maximum atomic E-state index is 12.2. The molecule has 7 heteroatoms. The molecule has 0 heterocycles. The van der Waals surface area contributed by atoms with E-state index >= 15 is 0 Å². The third kappa shape index (κ3) is 4.02. The summed E-state index contributed by atoms with van der Waals surface area (Å²) >= 11 is 0. The number of amides is 1. The molecule has 7 nitrogen and oxygen atoms in total. The van der Waals surface area contributed by atoms with E-state index < -0.39 is 18.2 Å². The Morgan fingerprint density at radius 2 is 1.72 bits per heavy atom. The van der Waals surface area contributed by atoms with Gasteiger partial charge in [-0.3, -0.25) is 10.1 Å². The lowest BCUT2D eigenvalue weighted by Gasteiger charge is -2.37. The molecule has 1 aliphatic rings. The largest absolute Gasteiger partial charge is 0.508 e. The molecule has 0 radical (unpaired) electrons. The molecule has 2 aromatic carbocycles. The number of aromatic hydroxyl groups is 2. The average molecular weight is 399 g/mol. The number of nitrogens with zero attached hydrogens (tertiary/aromatic N) is 1. The molecule has 2 unspecified atom stereocenters. The van der Waals surface area contributed by atoms with Crippen molar-refractivity contribution in [2.75, 3.05) is 11.9 Å². The van der Waals surface area contributed by atoms with Crippen LogP contribution < -0.4 is 21.7 Å². The highest BCUT2D eigenvalue weighted by Crippen LogP contribution is 2.38. The Kier molecular flexibility index (Phi) is 6.00. The first-order chi connectivity index (χ1) is 13.7. The number of phenols is 2. The van der Waals surface area contributed by atoms with Gasteiger partial charge in [0.25, 0.3) is 5.91 Å². The van der Waals surface area contributed by atoms with Gasteiger partial charge in [-0.15, -0.1) is 0 Å². The van der Waals surface area contributed by atoms with E-state index in [0.717, 1.165) is 24.9 Å². The molecule has 29 heavy (non-hydrogen) atoms. The maximum Gasteiger partial charge on any atom is 0.255 e. The molecule has 0 saturated heterocycles. The summed E-state index contributed by atoms with van der Waals surface area (Å²) in [5.41, 5.74) is 16.6. The second-order valence-electron chi connectivity index (χ2n) is 7.88. The van der Waals surface area contributed by atoms with Crippen molar-refractivity contribution in [2.24, 2.45) is 11.5 Å². The fourth-order valence-electron chi connectivity index (χ4n) is 4.07. The third-order valence-electron chi connectivity index (χ3n) is 5.62. The van der Waals surface area contributed by atoms with Crippen molar-refractivity contribution in [2.45, 2.75) is 51.4 Å². The van der Waals surface area contributed by atoms with Crippen LogP contribution in [0, 0.1) is 0 Å². The molecule has 0 aliphatic heterocycles. The number of hydrogen-bond donors (Lipinski definition) is 5. The number of carbonyl (C=O) groups excluding carboxylic acids is 1. The van der Waals surface area contributed by atoms with Crippen molar-refractivity contribution >= 4 is 11.6 Å². The summed E-state index contributed by atoms with van der Waals surface area (Å²) in [5.74, 6) is -0.667. The van der Waals surface area contributed by atoms with Gasteiger partial charge in [0.05, 0.1) is 0 Å². The highest BCUT2D eigenvalue weighted by atomic mass is 16.3. The number of likely N-dealkylation sites (N-methyl/N-ethyl adjacent to an activating group) is 1. The summed E-state index contributed by atoms with van der Waals surface area (Å²) in [4.78, 5) is 13.9. The summed E-state index contributed by atoms with van der Waals surface area (Å²) in [7, 11) is 1.64. The number of anilines is 1. The van der Waals surface area contributed by atoms with Crippen LogP contribution >= 0.6 is 0 Å². The van der Waals surface area contributed by atoms with E-state index in [-0.39, 0.29) is 17.4 Å². The van der Waals surface area contributed by atoms with E-state index in [1.54, 1.807) is 18.0 Å². The molecule has 0 fully saturated rings. The van der Waals surface area contributed by atoms with Crippen LogP contribution in [0.15, 0.2) is 30.3 Å². The zero-order valence-corrected chi connectivity index (χ0v) is 17.1. The number of aryl methyl sites for hydroxylation is 2. The van der Waals surface area contributed by atoms with Gasteiger partial charge in [0.2, 0.25) is 0 Å². The fraction of sp³-hybridized carbons (Fsp3) is 0.409. The maximum absolute atomic E-state index is 12.2. The molecular weight excluding hydrogens is 368 g/mol. The van der Waals surface area contributed by atoms with E-state index in [1.165, 1.54) is 17.2 Å². The van der Waals surface area contributed by atoms with Gasteiger partial charge in [0.1, 0.15) is 17.7 Å². The van der Waals surface area contributed by atoms with Crippen LogP contribution in [-0.4, -0.2) is 29.3 Å². The van der Waals surface area contributed by atoms with Gasteiger partial charge in [-0.2, -0.15) is 0 Å². The summed E-state index contributed by atoms with van der Waals surface area (Å²) < 4.78 is 0. The Morgan fingerprint density at radius 1 is 1.07 bits per heavy atom. The molecule has 2 atom stereocenters. The third-order valence-corrected chi connectivity index (χ3v) is 5.62. The van der Waals surface area contributed by atoms with E-state index in [2.05, 4.69) is 11.4 Å². The normalized spacial score (nSPS) is 15.2. The van der Waals surface area contributed by atoms with Gasteiger partial charge in [-0.1, -0.05) is 19.9 Å². The Labute approximate surface area is 171 Å². The standard InChI is InChI=1S/C22H30N4O3/c1-12(2)16-10-17(19(28)11-18(16)27)20(23)26(22(25-3)21(24)29)15-8-7-13-5-4-6-14(13)9-15/h7-12,20,22,25,27-28H,4-6,23H2,1-3H3,(H2,24,29). The van der Waals surface area contributed by atoms with Crippen LogP contribution in [0.5, 0.6) is 11.5 Å². The zero-order valence-electron chi connectivity index (χ0n) is 17.1. The van der Waals surface area contributed by atoms with Crippen LogP contribution in [0.4, 0.5) is 5.69 Å². The molecule has 0 spiro atoms. The number of benzene rings is 2. The van der Waals surface area contributed by atoms with Crippen molar-refractivity contribution < 1.29 is 15.0 Å². The molecule has 0 aromatic heterocycles. The second-order valence-corrected chi connectivity index (χ2v) is 7.88. The Bertz CT molecular complexity index is 913. The number of nitrogens with one attached hydrogen (secondary N) is 1. The molecule has 3 rings (SSSR count). The molecule has 1 aliphatic carbocycles. The first-order valence-corrected chi connectivity index (χ1v) is 9.92. The molecule has 0 saturated carbocycles. The van der Waals surface area contributed by atoms with E-state index in [1.807, 2.05) is 26.0 Å². The van der Waals surface area contributed by atoms with Gasteiger partial charge in [0.15, 0.2) is 6.17 Å². The number of carbonyl (C=O) groups is 1. The van der Waals surface area contributed by atoms with Crippen molar-refractivity contribution in [1.29, 1.82) is 0 Å². The Morgan fingerprint density at radius 3 is 2.34 bits per heavy atom. The Hall–Kier alpha value is -2.77. The van der Waals surface area contributed by atoms with E-state index in [0.29, 0.717) is 11.1 Å². The number of fused-ring (bicyclic) bond motifs is 1. The minimum atomic E-state index is -0.875. The van der Waals surface area contributed by atoms with Gasteiger partial charge >= 0.3 is 0 Å². The summed E-state index contributed by atoms with van der Waals surface area (Å²) in [5, 5.41) is 23.6. The molecule has 0 bridgehead atoms. The van der Waals surface area contributed by atoms with Crippen molar-refractivity contribution in [3.8, 4) is 11.5 Å². The van der Waals surface area contributed by atoms with Crippen molar-refractivity contribution in [3.63, 3.8) is 0 Å². The van der Waals surface area contributed by atoms with Gasteiger partial charge in [-0.25, -0.2) is 0 Å². The minimum absolute atomic E-state index is 0.0117. The quantitative estimate of drug-likeness (QED) is 0.456. The predicted octanol–water partition coefficient (Wildman–Crippen LogP) is 2.20. The van der Waals surface area contributed by atoms with Crippen molar-refractivity contribution in [1.82, 2.24) is 5.32 Å². The minimum Gasteiger partial charge on any atom is -0.508 e. The highest BCUT2D eigenvalue weighted by Gasteiger charge is 2.31. The zero-order chi connectivity index (χ0) is 21.3. The lowest BCUT2D eigenvalue weighted by molar-refractivity contribution is -0.120. The van der Waals surface area contributed by atoms with Gasteiger partial charge < -0.3 is 26.6 Å². The number of nitrogens with two attached hydrogens (primary N) is 2. The average Bonchev–Trinajstić information content (AvgIpc) is 3.12. The monoisotopic (exact) mass is 398 g/mol. The molecule has 2 aromatic rings. The number of hydrogen-bond acceptors (Lipinski definition) is 6. The topological polar surface area (TPSA) is 125 Å². The SMILES string of the molecule is CNC(C(N)=O)N(c1ccc2c(c1)CCC2)C(N)c1cc(C(C)C)c(O)cc1O. The molecule has 1 amide bonds. The van der Waals surface area contributed by atoms with Gasteiger partial charge in [-0.05, 0) is 67.1 Å². The number of primary amides is 1. The van der Waals surface area contributed by atoms with Crippen LogP contribution in [0.25, 0.3) is 0 Å². The first-order valence-electron chi connectivity index (χ1n) is 9.92. The van der Waals surface area contributed by atoms with Crippen LogP contribution in [-0.2, 0) is 17.6 Å². The van der Waals surface area contributed by atoms with E-state index in [4.69, 9.17) is 11.5 Å². The molecule has 7 N–H and O–H groups in total. The highest BCUT2D eigenvalue weighted by molar-refractivity contribution is 5.83. The van der Waals surface area contributed by atoms with Crippen LogP contribution in [0.3, 0.4) is 0 Å². The summed E-state index contributed by atoms with van der Waals surface area (Å²) in [6.45, 7) is 3.89. The predicted molar refractivity (Wildman–Crippen MR) is 114 cm³/mol. The van der Waals surface area contributed by atoms with Gasteiger partial charge in [0, 0.05) is 17.3 Å². The van der Waals surface area contributed by atoms with E-state index in [9.17, 15) is 15.0 Å². The van der Waals surface area contributed by atoms with Crippen LogP contribution in [0.2, 0.25) is 0 Å². The lowest BCUT2D eigenvalue weighted by atomic mass is 9.97.